The number of piperidine rings is 1. The van der Waals surface area contributed by atoms with E-state index in [9.17, 15) is 0 Å². The third-order valence-corrected chi connectivity index (χ3v) is 3.19. The Balaban J connectivity index is 1.92. The van der Waals surface area contributed by atoms with Crippen molar-refractivity contribution in [3.8, 4) is 0 Å². The van der Waals surface area contributed by atoms with Crippen LogP contribution in [0.25, 0.3) is 0 Å². The van der Waals surface area contributed by atoms with E-state index in [-0.39, 0.29) is 0 Å². The highest BCUT2D eigenvalue weighted by atomic mass is 15.2. The summed E-state index contributed by atoms with van der Waals surface area (Å²) in [4.78, 5) is 2.59. The van der Waals surface area contributed by atoms with Crippen molar-refractivity contribution in [2.24, 2.45) is 5.41 Å². The van der Waals surface area contributed by atoms with E-state index in [2.05, 4.69) is 17.1 Å². The van der Waals surface area contributed by atoms with Gasteiger partial charge in [-0.3, -0.25) is 0 Å². The third-order valence-electron chi connectivity index (χ3n) is 3.19. The van der Waals surface area contributed by atoms with Gasteiger partial charge in [-0.1, -0.05) is 6.92 Å². The molecule has 0 atom stereocenters. The molecule has 0 saturated carbocycles. The lowest BCUT2D eigenvalue weighted by Gasteiger charge is -2.49. The molecule has 0 bridgehead atoms. The predicted octanol–water partition coefficient (Wildman–Crippen LogP) is 0.692. The fourth-order valence-corrected chi connectivity index (χ4v) is 2.35. The molecule has 2 fully saturated rings. The minimum atomic E-state index is 0.689. The maximum absolute atomic E-state index is 3.39. The SMILES string of the molecule is CCN1CCCC2(CNC2)C1. The normalized spacial score (nSPS) is 30.3. The van der Waals surface area contributed by atoms with Crippen LogP contribution in [0.5, 0.6) is 0 Å². The summed E-state index contributed by atoms with van der Waals surface area (Å²) in [6.07, 6.45) is 2.87. The van der Waals surface area contributed by atoms with E-state index in [1.54, 1.807) is 0 Å². The zero-order chi connectivity index (χ0) is 7.73. The van der Waals surface area contributed by atoms with Crippen LogP contribution in [-0.2, 0) is 0 Å². The van der Waals surface area contributed by atoms with Gasteiger partial charge in [0.2, 0.25) is 0 Å². The van der Waals surface area contributed by atoms with Crippen LogP contribution in [0.3, 0.4) is 0 Å². The van der Waals surface area contributed by atoms with Crippen molar-refractivity contribution in [2.45, 2.75) is 19.8 Å². The van der Waals surface area contributed by atoms with Crippen molar-refractivity contribution in [3.05, 3.63) is 0 Å². The highest BCUT2D eigenvalue weighted by molar-refractivity contribution is 4.96. The first-order valence-corrected chi connectivity index (χ1v) is 4.78. The van der Waals surface area contributed by atoms with Crippen molar-refractivity contribution in [2.75, 3.05) is 32.7 Å². The van der Waals surface area contributed by atoms with Crippen LogP contribution in [0.15, 0.2) is 0 Å². The minimum Gasteiger partial charge on any atom is -0.315 e. The summed E-state index contributed by atoms with van der Waals surface area (Å²) in [5.74, 6) is 0. The van der Waals surface area contributed by atoms with Crippen LogP contribution >= 0.6 is 0 Å². The zero-order valence-electron chi connectivity index (χ0n) is 7.40. The number of nitrogens with zero attached hydrogens (tertiary/aromatic N) is 1. The first kappa shape index (κ1) is 7.56. The number of hydrogen-bond acceptors (Lipinski definition) is 2. The molecule has 0 amide bonds. The first-order chi connectivity index (χ1) is 5.35. The zero-order valence-corrected chi connectivity index (χ0v) is 7.40. The van der Waals surface area contributed by atoms with Crippen molar-refractivity contribution in [1.82, 2.24) is 10.2 Å². The second-order valence-electron chi connectivity index (χ2n) is 4.08. The van der Waals surface area contributed by atoms with Gasteiger partial charge >= 0.3 is 0 Å². The average molecular weight is 154 g/mol. The molecule has 0 unspecified atom stereocenters. The molecular formula is C9H18N2. The van der Waals surface area contributed by atoms with E-state index in [0.29, 0.717) is 5.41 Å². The van der Waals surface area contributed by atoms with Crippen molar-refractivity contribution in [3.63, 3.8) is 0 Å². The molecule has 2 rings (SSSR count). The molecule has 2 saturated heterocycles. The van der Waals surface area contributed by atoms with Gasteiger partial charge in [-0.15, -0.1) is 0 Å². The van der Waals surface area contributed by atoms with Crippen LogP contribution in [0.1, 0.15) is 19.8 Å². The van der Waals surface area contributed by atoms with E-state index in [1.165, 1.54) is 45.6 Å². The predicted molar refractivity (Wildman–Crippen MR) is 46.7 cm³/mol. The summed E-state index contributed by atoms with van der Waals surface area (Å²) < 4.78 is 0. The molecule has 64 valence electrons. The smallest absolute Gasteiger partial charge is 0.00802 e. The van der Waals surface area contributed by atoms with Gasteiger partial charge in [-0.25, -0.2) is 0 Å². The number of rotatable bonds is 1. The Bertz CT molecular complexity index is 140. The van der Waals surface area contributed by atoms with Gasteiger partial charge in [0.25, 0.3) is 0 Å². The Labute approximate surface area is 69.0 Å². The Hall–Kier alpha value is -0.0800. The Kier molecular flexibility index (Phi) is 1.90. The van der Waals surface area contributed by atoms with Crippen molar-refractivity contribution in [1.29, 1.82) is 0 Å². The lowest BCUT2D eigenvalue weighted by atomic mass is 9.75. The van der Waals surface area contributed by atoms with Crippen molar-refractivity contribution >= 4 is 0 Å². The molecule has 2 nitrogen and oxygen atoms in total. The molecule has 2 aliphatic heterocycles. The summed E-state index contributed by atoms with van der Waals surface area (Å²) >= 11 is 0. The molecule has 0 aliphatic carbocycles. The molecule has 2 aliphatic rings. The molecule has 0 radical (unpaired) electrons. The molecule has 2 heterocycles. The van der Waals surface area contributed by atoms with Gasteiger partial charge in [-0.2, -0.15) is 0 Å². The Morgan fingerprint density at radius 1 is 1.45 bits per heavy atom. The lowest BCUT2D eigenvalue weighted by Crippen LogP contribution is -2.61. The molecule has 1 N–H and O–H groups in total. The lowest BCUT2D eigenvalue weighted by molar-refractivity contribution is 0.0446. The van der Waals surface area contributed by atoms with Crippen LogP contribution < -0.4 is 5.32 Å². The molecular weight excluding hydrogens is 136 g/mol. The van der Waals surface area contributed by atoms with E-state index in [0.717, 1.165) is 0 Å². The number of nitrogens with one attached hydrogen (secondary N) is 1. The summed E-state index contributed by atoms with van der Waals surface area (Å²) in [7, 11) is 0. The summed E-state index contributed by atoms with van der Waals surface area (Å²) in [6.45, 7) is 8.72. The quantitative estimate of drug-likeness (QED) is 0.598. The fourth-order valence-electron chi connectivity index (χ4n) is 2.35. The van der Waals surface area contributed by atoms with Crippen LogP contribution in [0.2, 0.25) is 0 Å². The highest BCUT2D eigenvalue weighted by Gasteiger charge is 2.39. The van der Waals surface area contributed by atoms with Gasteiger partial charge in [0.15, 0.2) is 0 Å². The number of hydrogen-bond donors (Lipinski definition) is 1. The second kappa shape index (κ2) is 2.76. The summed E-state index contributed by atoms with van der Waals surface area (Å²) in [5.41, 5.74) is 0.689. The van der Waals surface area contributed by atoms with E-state index in [4.69, 9.17) is 0 Å². The van der Waals surface area contributed by atoms with Gasteiger partial charge < -0.3 is 10.2 Å². The molecule has 11 heavy (non-hydrogen) atoms. The van der Waals surface area contributed by atoms with Crippen LogP contribution in [0.4, 0.5) is 0 Å². The molecule has 1 spiro atoms. The Morgan fingerprint density at radius 2 is 2.27 bits per heavy atom. The molecule has 2 heteroatoms. The van der Waals surface area contributed by atoms with Crippen LogP contribution in [0, 0.1) is 5.41 Å². The Morgan fingerprint density at radius 3 is 2.82 bits per heavy atom. The summed E-state index contributed by atoms with van der Waals surface area (Å²) in [5, 5.41) is 3.39. The monoisotopic (exact) mass is 154 g/mol. The number of likely N-dealkylation sites (tertiary alicyclic amines) is 1. The third kappa shape index (κ3) is 1.30. The van der Waals surface area contributed by atoms with E-state index in [1.807, 2.05) is 0 Å². The fraction of sp³-hybridized carbons (Fsp3) is 1.00. The molecule has 0 aromatic heterocycles. The average Bonchev–Trinajstić information content (AvgIpc) is 2.02. The maximum atomic E-state index is 3.39. The van der Waals surface area contributed by atoms with Gasteiger partial charge in [0.1, 0.15) is 0 Å². The summed E-state index contributed by atoms with van der Waals surface area (Å²) in [6, 6.07) is 0. The molecule has 0 aromatic carbocycles. The second-order valence-corrected chi connectivity index (χ2v) is 4.08. The van der Waals surface area contributed by atoms with Gasteiger partial charge in [0.05, 0.1) is 0 Å². The van der Waals surface area contributed by atoms with Crippen LogP contribution in [-0.4, -0.2) is 37.6 Å². The standard InChI is InChI=1S/C9H18N2/c1-2-11-5-3-4-9(8-11)6-10-7-9/h10H,2-8H2,1H3. The van der Waals surface area contributed by atoms with E-state index < -0.39 is 0 Å². The maximum Gasteiger partial charge on any atom is 0.00802 e. The first-order valence-electron chi connectivity index (χ1n) is 4.78. The van der Waals surface area contributed by atoms with Crippen molar-refractivity contribution < 1.29 is 0 Å². The van der Waals surface area contributed by atoms with E-state index >= 15 is 0 Å². The topological polar surface area (TPSA) is 15.3 Å². The molecule has 0 aromatic rings. The highest BCUT2D eigenvalue weighted by Crippen LogP contribution is 2.33. The largest absolute Gasteiger partial charge is 0.315 e. The minimum absolute atomic E-state index is 0.689. The van der Waals surface area contributed by atoms with Gasteiger partial charge in [0, 0.05) is 25.0 Å². The van der Waals surface area contributed by atoms with Gasteiger partial charge in [-0.05, 0) is 25.9 Å².